The van der Waals surface area contributed by atoms with Gasteiger partial charge in [0, 0.05) is 19.0 Å². The lowest BCUT2D eigenvalue weighted by Gasteiger charge is -2.15. The zero-order valence-corrected chi connectivity index (χ0v) is 8.62. The van der Waals surface area contributed by atoms with E-state index >= 15 is 0 Å². The Morgan fingerprint density at radius 3 is 2.38 bits per heavy atom. The van der Waals surface area contributed by atoms with E-state index in [1.165, 1.54) is 12.8 Å². The van der Waals surface area contributed by atoms with Crippen LogP contribution in [0.15, 0.2) is 0 Å². The highest BCUT2D eigenvalue weighted by molar-refractivity contribution is 5.81. The first-order valence-corrected chi connectivity index (χ1v) is 5.49. The van der Waals surface area contributed by atoms with E-state index in [2.05, 4.69) is 18.7 Å². The van der Waals surface area contributed by atoms with E-state index in [0.29, 0.717) is 23.7 Å². The molecule has 0 aromatic heterocycles. The first kappa shape index (κ1) is 9.04. The molecular formula is C11H19NO. The van der Waals surface area contributed by atoms with Crippen LogP contribution in [-0.4, -0.2) is 23.9 Å². The molecule has 1 amide bonds. The van der Waals surface area contributed by atoms with E-state index in [9.17, 15) is 4.79 Å². The number of nitrogens with zero attached hydrogens (tertiary/aromatic N) is 1. The maximum Gasteiger partial charge on any atom is 0.225 e. The lowest BCUT2D eigenvalue weighted by atomic mass is 10.1. The number of amides is 1. The number of rotatable bonds is 2. The van der Waals surface area contributed by atoms with Gasteiger partial charge in [-0.3, -0.25) is 4.79 Å². The minimum absolute atomic E-state index is 0.387. The van der Waals surface area contributed by atoms with Crippen molar-refractivity contribution in [2.45, 2.75) is 33.1 Å². The summed E-state index contributed by atoms with van der Waals surface area (Å²) in [6, 6.07) is 0. The zero-order valence-electron chi connectivity index (χ0n) is 8.62. The van der Waals surface area contributed by atoms with Crippen molar-refractivity contribution in [3.8, 4) is 0 Å². The highest BCUT2D eigenvalue weighted by Gasteiger charge is 2.46. The van der Waals surface area contributed by atoms with E-state index in [0.717, 1.165) is 19.5 Å². The molecule has 2 fully saturated rings. The summed E-state index contributed by atoms with van der Waals surface area (Å²) in [6.07, 6.45) is 3.57. The lowest BCUT2D eigenvalue weighted by Crippen LogP contribution is -2.29. The van der Waals surface area contributed by atoms with Gasteiger partial charge >= 0.3 is 0 Å². The molecule has 0 bridgehead atoms. The average molecular weight is 181 g/mol. The fraction of sp³-hybridized carbons (Fsp3) is 0.909. The van der Waals surface area contributed by atoms with Crippen molar-refractivity contribution in [2.24, 2.45) is 17.8 Å². The molecule has 2 aliphatic rings. The Bertz CT molecular complexity index is 206. The van der Waals surface area contributed by atoms with E-state index in [1.54, 1.807) is 0 Å². The van der Waals surface area contributed by atoms with Crippen LogP contribution in [0.3, 0.4) is 0 Å². The molecule has 0 radical (unpaired) electrons. The fourth-order valence-corrected chi connectivity index (χ4v) is 2.41. The molecular weight excluding hydrogens is 162 g/mol. The summed E-state index contributed by atoms with van der Waals surface area (Å²) in [5.41, 5.74) is 0. The molecule has 0 spiro atoms. The lowest BCUT2D eigenvalue weighted by molar-refractivity contribution is -0.131. The molecule has 1 aliphatic heterocycles. The molecule has 0 aromatic carbocycles. The predicted octanol–water partition coefficient (Wildman–Crippen LogP) is 1.90. The summed E-state index contributed by atoms with van der Waals surface area (Å²) in [5.74, 6) is 2.21. The summed E-state index contributed by atoms with van der Waals surface area (Å²) in [7, 11) is 0. The second-order valence-corrected chi connectivity index (χ2v) is 4.78. The molecule has 0 aromatic rings. The van der Waals surface area contributed by atoms with Crippen LogP contribution in [0.25, 0.3) is 0 Å². The van der Waals surface area contributed by atoms with Gasteiger partial charge < -0.3 is 4.90 Å². The van der Waals surface area contributed by atoms with Gasteiger partial charge in [-0.1, -0.05) is 13.8 Å². The molecule has 2 heteroatoms. The number of carbonyl (C=O) groups is 1. The van der Waals surface area contributed by atoms with E-state index in [1.807, 2.05) is 0 Å². The number of hydrogen-bond donors (Lipinski definition) is 0. The first-order chi connectivity index (χ1) is 6.20. The van der Waals surface area contributed by atoms with Crippen LogP contribution in [-0.2, 0) is 4.79 Å². The first-order valence-electron chi connectivity index (χ1n) is 5.49. The molecule has 1 saturated heterocycles. The molecule has 1 aliphatic carbocycles. The minimum atomic E-state index is 0.387. The van der Waals surface area contributed by atoms with Gasteiger partial charge in [-0.2, -0.15) is 0 Å². The Morgan fingerprint density at radius 1 is 1.31 bits per heavy atom. The Labute approximate surface area is 80.3 Å². The number of carbonyl (C=O) groups excluding carboxylic acids is 1. The molecule has 13 heavy (non-hydrogen) atoms. The van der Waals surface area contributed by atoms with E-state index in [-0.39, 0.29) is 0 Å². The Morgan fingerprint density at radius 2 is 1.92 bits per heavy atom. The third kappa shape index (κ3) is 1.72. The largest absolute Gasteiger partial charge is 0.342 e. The Hall–Kier alpha value is -0.530. The maximum absolute atomic E-state index is 11.8. The highest BCUT2D eigenvalue weighted by Crippen LogP contribution is 2.45. The molecule has 74 valence electrons. The van der Waals surface area contributed by atoms with Gasteiger partial charge in [-0.25, -0.2) is 0 Å². The van der Waals surface area contributed by atoms with Crippen LogP contribution in [0.1, 0.15) is 33.1 Å². The predicted molar refractivity (Wildman–Crippen MR) is 52.2 cm³/mol. The SMILES string of the molecule is CC(C)C1CC1C(=O)N1CCCC1. The standard InChI is InChI=1S/C11H19NO/c1-8(2)9-7-10(9)11(13)12-5-3-4-6-12/h8-10H,3-7H2,1-2H3. The molecule has 0 N–H and O–H groups in total. The van der Waals surface area contributed by atoms with Crippen molar-refractivity contribution in [3.05, 3.63) is 0 Å². The molecule has 2 rings (SSSR count). The highest BCUT2D eigenvalue weighted by atomic mass is 16.2. The monoisotopic (exact) mass is 181 g/mol. The average Bonchev–Trinajstić information content (AvgIpc) is 2.72. The number of likely N-dealkylation sites (tertiary alicyclic amines) is 1. The van der Waals surface area contributed by atoms with E-state index < -0.39 is 0 Å². The van der Waals surface area contributed by atoms with Crippen LogP contribution in [0, 0.1) is 17.8 Å². The van der Waals surface area contributed by atoms with Crippen molar-refractivity contribution < 1.29 is 4.79 Å². The quantitative estimate of drug-likeness (QED) is 0.637. The second kappa shape index (κ2) is 3.32. The Balaban J connectivity index is 1.85. The van der Waals surface area contributed by atoms with Crippen molar-refractivity contribution in [3.63, 3.8) is 0 Å². The van der Waals surface area contributed by atoms with Gasteiger partial charge in [-0.05, 0) is 31.1 Å². The fourth-order valence-electron chi connectivity index (χ4n) is 2.41. The maximum atomic E-state index is 11.8. The molecule has 1 saturated carbocycles. The molecule has 2 atom stereocenters. The van der Waals surface area contributed by atoms with Gasteiger partial charge in [0.15, 0.2) is 0 Å². The van der Waals surface area contributed by atoms with Gasteiger partial charge in [0.05, 0.1) is 0 Å². The van der Waals surface area contributed by atoms with Gasteiger partial charge in [0.1, 0.15) is 0 Å². The number of hydrogen-bond acceptors (Lipinski definition) is 1. The van der Waals surface area contributed by atoms with Crippen molar-refractivity contribution >= 4 is 5.91 Å². The second-order valence-electron chi connectivity index (χ2n) is 4.78. The smallest absolute Gasteiger partial charge is 0.225 e. The van der Waals surface area contributed by atoms with Gasteiger partial charge in [0.2, 0.25) is 5.91 Å². The van der Waals surface area contributed by atoms with Crippen molar-refractivity contribution in [1.29, 1.82) is 0 Å². The van der Waals surface area contributed by atoms with Crippen LogP contribution in [0.5, 0.6) is 0 Å². The van der Waals surface area contributed by atoms with Crippen molar-refractivity contribution in [2.75, 3.05) is 13.1 Å². The third-order valence-corrected chi connectivity index (χ3v) is 3.43. The van der Waals surface area contributed by atoms with E-state index in [4.69, 9.17) is 0 Å². The van der Waals surface area contributed by atoms with Crippen LogP contribution < -0.4 is 0 Å². The molecule has 1 heterocycles. The van der Waals surface area contributed by atoms with Crippen LogP contribution in [0.4, 0.5) is 0 Å². The Kier molecular flexibility index (Phi) is 2.31. The summed E-state index contributed by atoms with van der Waals surface area (Å²) in [5, 5.41) is 0. The normalized spacial score (nSPS) is 32.7. The summed E-state index contributed by atoms with van der Waals surface area (Å²) >= 11 is 0. The van der Waals surface area contributed by atoms with Gasteiger partial charge in [0.25, 0.3) is 0 Å². The van der Waals surface area contributed by atoms with Gasteiger partial charge in [-0.15, -0.1) is 0 Å². The summed E-state index contributed by atoms with van der Waals surface area (Å²) in [6.45, 7) is 6.48. The zero-order chi connectivity index (χ0) is 9.42. The third-order valence-electron chi connectivity index (χ3n) is 3.43. The summed E-state index contributed by atoms with van der Waals surface area (Å²) in [4.78, 5) is 13.9. The van der Waals surface area contributed by atoms with Crippen molar-refractivity contribution in [1.82, 2.24) is 4.90 Å². The molecule has 2 unspecified atom stereocenters. The minimum Gasteiger partial charge on any atom is -0.342 e. The molecule has 2 nitrogen and oxygen atoms in total. The topological polar surface area (TPSA) is 20.3 Å². The van der Waals surface area contributed by atoms with Crippen LogP contribution >= 0.6 is 0 Å². The van der Waals surface area contributed by atoms with Crippen LogP contribution in [0.2, 0.25) is 0 Å². The summed E-state index contributed by atoms with van der Waals surface area (Å²) < 4.78 is 0.